The first kappa shape index (κ1) is 10.5. The summed E-state index contributed by atoms with van der Waals surface area (Å²) in [4.78, 5) is 8.36. The molecule has 0 aromatic carbocycles. The third-order valence-electron chi connectivity index (χ3n) is 2.79. The van der Waals surface area contributed by atoms with E-state index in [0.717, 1.165) is 5.92 Å². The fourth-order valence-electron chi connectivity index (χ4n) is 1.50. The summed E-state index contributed by atoms with van der Waals surface area (Å²) in [5.41, 5.74) is 0.653. The molecule has 1 aliphatic rings. The Kier molecular flexibility index (Phi) is 4.16. The number of rotatable bonds is 0. The molecular formula is C9H18O2. The molecule has 1 saturated carbocycles. The van der Waals surface area contributed by atoms with Crippen LogP contribution < -0.4 is 0 Å². The van der Waals surface area contributed by atoms with E-state index in [1.807, 2.05) is 0 Å². The Balaban J connectivity index is 0.000000292. The van der Waals surface area contributed by atoms with Crippen LogP contribution in [0.25, 0.3) is 0 Å². The lowest BCUT2D eigenvalue weighted by molar-refractivity contribution is -0.122. The van der Waals surface area contributed by atoms with Gasteiger partial charge >= 0.3 is 0 Å². The van der Waals surface area contributed by atoms with E-state index in [1.165, 1.54) is 19.3 Å². The highest BCUT2D eigenvalue weighted by Crippen LogP contribution is 2.41. The van der Waals surface area contributed by atoms with Crippen molar-refractivity contribution in [3.63, 3.8) is 0 Å². The smallest absolute Gasteiger partial charge is 0.290 e. The van der Waals surface area contributed by atoms with Crippen molar-refractivity contribution in [2.45, 2.75) is 40.0 Å². The van der Waals surface area contributed by atoms with Gasteiger partial charge in [-0.05, 0) is 17.8 Å². The summed E-state index contributed by atoms with van der Waals surface area (Å²) in [5, 5.41) is 6.89. The van der Waals surface area contributed by atoms with Gasteiger partial charge in [-0.1, -0.05) is 33.6 Å². The summed E-state index contributed by atoms with van der Waals surface area (Å²) in [5.74, 6) is 0.961. The first-order valence-corrected chi connectivity index (χ1v) is 4.12. The summed E-state index contributed by atoms with van der Waals surface area (Å²) < 4.78 is 0. The molecule has 0 amide bonds. The predicted octanol–water partition coefficient (Wildman–Crippen LogP) is 2.53. The zero-order valence-corrected chi connectivity index (χ0v) is 7.63. The van der Waals surface area contributed by atoms with E-state index in [2.05, 4.69) is 20.8 Å². The summed E-state index contributed by atoms with van der Waals surface area (Å²) in [7, 11) is 0. The van der Waals surface area contributed by atoms with Crippen LogP contribution >= 0.6 is 0 Å². The Bertz CT molecular complexity index is 119. The van der Waals surface area contributed by atoms with Gasteiger partial charge in [0.15, 0.2) is 0 Å². The molecule has 0 aromatic rings. The van der Waals surface area contributed by atoms with Crippen LogP contribution in [-0.4, -0.2) is 11.6 Å². The second-order valence-corrected chi connectivity index (χ2v) is 3.89. The number of hydrogen-bond acceptors (Lipinski definition) is 1. The van der Waals surface area contributed by atoms with Gasteiger partial charge in [0.25, 0.3) is 6.47 Å². The summed E-state index contributed by atoms with van der Waals surface area (Å²) in [6.45, 7) is 6.88. The summed E-state index contributed by atoms with van der Waals surface area (Å²) >= 11 is 0. The first-order chi connectivity index (χ1) is 5.04. The molecule has 0 saturated heterocycles. The van der Waals surface area contributed by atoms with Crippen molar-refractivity contribution < 1.29 is 9.90 Å². The molecule has 0 spiro atoms. The van der Waals surface area contributed by atoms with Gasteiger partial charge in [0, 0.05) is 0 Å². The van der Waals surface area contributed by atoms with Crippen LogP contribution in [0.1, 0.15) is 40.0 Å². The standard InChI is InChI=1S/C8H16.CH2O2/c1-7-5-4-6-8(7,2)3;2-1-3/h7H,4-6H2,1-3H3;1H,(H,2,3). The van der Waals surface area contributed by atoms with Crippen molar-refractivity contribution in [3.05, 3.63) is 0 Å². The van der Waals surface area contributed by atoms with Gasteiger partial charge in [-0.25, -0.2) is 0 Å². The molecular weight excluding hydrogens is 140 g/mol. The summed E-state index contributed by atoms with van der Waals surface area (Å²) in [6, 6.07) is 0. The van der Waals surface area contributed by atoms with Crippen LogP contribution in [0.15, 0.2) is 0 Å². The molecule has 1 unspecified atom stereocenters. The van der Waals surface area contributed by atoms with E-state index in [1.54, 1.807) is 0 Å². The molecule has 2 nitrogen and oxygen atoms in total. The van der Waals surface area contributed by atoms with Crippen LogP contribution in [0.2, 0.25) is 0 Å². The Morgan fingerprint density at radius 1 is 1.55 bits per heavy atom. The van der Waals surface area contributed by atoms with Crippen molar-refractivity contribution in [2.24, 2.45) is 11.3 Å². The molecule has 1 rings (SSSR count). The van der Waals surface area contributed by atoms with E-state index in [4.69, 9.17) is 9.90 Å². The zero-order valence-electron chi connectivity index (χ0n) is 7.63. The lowest BCUT2D eigenvalue weighted by atomic mass is 9.83. The maximum atomic E-state index is 8.36. The van der Waals surface area contributed by atoms with Crippen LogP contribution in [0.5, 0.6) is 0 Å². The second-order valence-electron chi connectivity index (χ2n) is 3.89. The average molecular weight is 158 g/mol. The highest BCUT2D eigenvalue weighted by molar-refractivity contribution is 5.32. The van der Waals surface area contributed by atoms with Crippen LogP contribution in [-0.2, 0) is 4.79 Å². The molecule has 11 heavy (non-hydrogen) atoms. The molecule has 66 valence electrons. The van der Waals surface area contributed by atoms with Crippen LogP contribution in [0.4, 0.5) is 0 Å². The number of carboxylic acid groups (broad SMARTS) is 1. The second kappa shape index (κ2) is 4.37. The molecule has 0 bridgehead atoms. The molecule has 0 aliphatic heterocycles. The molecule has 1 aliphatic carbocycles. The maximum absolute atomic E-state index is 8.36. The van der Waals surface area contributed by atoms with Gasteiger partial charge in [-0.3, -0.25) is 4.79 Å². The van der Waals surface area contributed by atoms with Crippen molar-refractivity contribution in [1.29, 1.82) is 0 Å². The van der Waals surface area contributed by atoms with Gasteiger partial charge < -0.3 is 5.11 Å². The monoisotopic (exact) mass is 158 g/mol. The minimum atomic E-state index is -0.250. The Hall–Kier alpha value is -0.530. The molecule has 1 N–H and O–H groups in total. The van der Waals surface area contributed by atoms with E-state index in [0.29, 0.717) is 5.41 Å². The fourth-order valence-corrected chi connectivity index (χ4v) is 1.50. The van der Waals surface area contributed by atoms with Crippen molar-refractivity contribution in [2.75, 3.05) is 0 Å². The first-order valence-electron chi connectivity index (χ1n) is 4.12. The minimum Gasteiger partial charge on any atom is -0.483 e. The Morgan fingerprint density at radius 2 is 2.00 bits per heavy atom. The SMILES string of the molecule is CC1CCCC1(C)C.O=CO. The lowest BCUT2D eigenvalue weighted by Crippen LogP contribution is -2.13. The van der Waals surface area contributed by atoms with E-state index >= 15 is 0 Å². The van der Waals surface area contributed by atoms with Crippen molar-refractivity contribution >= 4 is 6.47 Å². The van der Waals surface area contributed by atoms with Gasteiger partial charge in [0.2, 0.25) is 0 Å². The van der Waals surface area contributed by atoms with Crippen molar-refractivity contribution in [3.8, 4) is 0 Å². The fraction of sp³-hybridized carbons (Fsp3) is 0.889. The van der Waals surface area contributed by atoms with E-state index in [-0.39, 0.29) is 6.47 Å². The topological polar surface area (TPSA) is 37.3 Å². The van der Waals surface area contributed by atoms with E-state index < -0.39 is 0 Å². The molecule has 1 atom stereocenters. The minimum absolute atomic E-state index is 0.250. The van der Waals surface area contributed by atoms with Crippen LogP contribution in [0.3, 0.4) is 0 Å². The average Bonchev–Trinajstić information content (AvgIpc) is 2.14. The molecule has 1 fully saturated rings. The third-order valence-corrected chi connectivity index (χ3v) is 2.79. The quantitative estimate of drug-likeness (QED) is 0.550. The van der Waals surface area contributed by atoms with Gasteiger partial charge in [-0.2, -0.15) is 0 Å². The number of carbonyl (C=O) groups is 1. The summed E-state index contributed by atoms with van der Waals surface area (Å²) in [6.07, 6.45) is 4.34. The van der Waals surface area contributed by atoms with Crippen molar-refractivity contribution in [1.82, 2.24) is 0 Å². The highest BCUT2D eigenvalue weighted by Gasteiger charge is 2.30. The lowest BCUT2D eigenvalue weighted by Gasteiger charge is -2.22. The molecule has 0 radical (unpaired) electrons. The van der Waals surface area contributed by atoms with Crippen LogP contribution in [0, 0.1) is 11.3 Å². The van der Waals surface area contributed by atoms with E-state index in [9.17, 15) is 0 Å². The maximum Gasteiger partial charge on any atom is 0.290 e. The highest BCUT2D eigenvalue weighted by atomic mass is 16.3. The van der Waals surface area contributed by atoms with Gasteiger partial charge in [0.1, 0.15) is 0 Å². The van der Waals surface area contributed by atoms with Gasteiger partial charge in [-0.15, -0.1) is 0 Å². The normalized spacial score (nSPS) is 27.0. The molecule has 2 heteroatoms. The molecule has 0 heterocycles. The third kappa shape index (κ3) is 3.40. The number of hydrogen-bond donors (Lipinski definition) is 1. The molecule has 0 aromatic heterocycles. The largest absolute Gasteiger partial charge is 0.483 e. The van der Waals surface area contributed by atoms with Gasteiger partial charge in [0.05, 0.1) is 0 Å². The predicted molar refractivity (Wildman–Crippen MR) is 45.5 cm³/mol. The Morgan fingerprint density at radius 3 is 2.09 bits per heavy atom. The Labute approximate surface area is 68.6 Å². The zero-order chi connectivity index (χ0) is 8.91.